The van der Waals surface area contributed by atoms with Crippen molar-refractivity contribution in [3.8, 4) is 12.3 Å². The molecule has 3 heterocycles. The summed E-state index contributed by atoms with van der Waals surface area (Å²) < 4.78 is 9.40. The first-order chi connectivity index (χ1) is 18.7. The smallest absolute Gasteiger partial charge is 0.338 e. The van der Waals surface area contributed by atoms with Gasteiger partial charge in [0.1, 0.15) is 0 Å². The third-order valence-electron chi connectivity index (χ3n) is 7.40. The zero-order valence-corrected chi connectivity index (χ0v) is 23.8. The predicted octanol–water partition coefficient (Wildman–Crippen LogP) is 4.74. The number of rotatable bonds is 5. The molecule has 2 aromatic carbocycles. The third kappa shape index (κ3) is 4.45. The lowest BCUT2D eigenvalue weighted by Gasteiger charge is -2.24. The van der Waals surface area contributed by atoms with Gasteiger partial charge in [-0.15, -0.1) is 6.42 Å². The molecule has 1 aliphatic heterocycles. The number of hydrogen-bond acceptors (Lipinski definition) is 5. The molecule has 1 atom stereocenters. The van der Waals surface area contributed by atoms with Gasteiger partial charge in [-0.05, 0) is 56.0 Å². The highest BCUT2D eigenvalue weighted by atomic mass is 32.1. The molecule has 0 unspecified atom stereocenters. The molecule has 0 spiro atoms. The van der Waals surface area contributed by atoms with E-state index in [1.165, 1.54) is 24.0 Å². The molecule has 0 saturated heterocycles. The Labute approximate surface area is 231 Å². The van der Waals surface area contributed by atoms with Crippen molar-refractivity contribution < 1.29 is 9.53 Å². The molecule has 4 aromatic rings. The van der Waals surface area contributed by atoms with Crippen LogP contribution in [0.4, 0.5) is 0 Å². The zero-order valence-electron chi connectivity index (χ0n) is 23.0. The van der Waals surface area contributed by atoms with Crippen LogP contribution in [0.1, 0.15) is 60.7 Å². The predicted molar refractivity (Wildman–Crippen MR) is 157 cm³/mol. The number of carbonyl (C=O) groups excluding carboxylic acids is 1. The average molecular weight is 538 g/mol. The summed E-state index contributed by atoms with van der Waals surface area (Å²) in [5.41, 5.74) is 6.83. The normalized spacial score (nSPS) is 15.4. The van der Waals surface area contributed by atoms with Gasteiger partial charge in [0, 0.05) is 22.2 Å². The molecule has 1 aliphatic rings. The maximum absolute atomic E-state index is 14.1. The van der Waals surface area contributed by atoms with Crippen LogP contribution in [0.2, 0.25) is 0 Å². The molecule has 6 nitrogen and oxygen atoms in total. The third-order valence-corrected chi connectivity index (χ3v) is 8.38. The molecule has 0 bridgehead atoms. The monoisotopic (exact) mass is 537 g/mol. The van der Waals surface area contributed by atoms with Crippen molar-refractivity contribution >= 4 is 34.3 Å². The fourth-order valence-corrected chi connectivity index (χ4v) is 6.33. The van der Waals surface area contributed by atoms with E-state index in [1.807, 2.05) is 44.2 Å². The number of terminal acetylenes is 1. The minimum Gasteiger partial charge on any atom is -0.466 e. The quantitative estimate of drug-likeness (QED) is 0.273. The van der Waals surface area contributed by atoms with Gasteiger partial charge in [0.15, 0.2) is 4.80 Å². The van der Waals surface area contributed by atoms with Crippen molar-refractivity contribution in [3.63, 3.8) is 0 Å². The van der Waals surface area contributed by atoms with Crippen LogP contribution in [0.25, 0.3) is 17.0 Å². The summed E-state index contributed by atoms with van der Waals surface area (Å²) in [5, 5.41) is 1.04. The molecule has 0 fully saturated rings. The molecule has 198 valence electrons. The number of allylic oxidation sites excluding steroid dienone is 1. The van der Waals surface area contributed by atoms with Gasteiger partial charge in [-0.1, -0.05) is 67.0 Å². The van der Waals surface area contributed by atoms with Gasteiger partial charge in [-0.3, -0.25) is 9.36 Å². The molecular formula is C32H31N3O3S. The van der Waals surface area contributed by atoms with E-state index in [0.29, 0.717) is 33.1 Å². The maximum Gasteiger partial charge on any atom is 0.338 e. The lowest BCUT2D eigenvalue weighted by molar-refractivity contribution is -0.136. The van der Waals surface area contributed by atoms with E-state index in [0.717, 1.165) is 33.3 Å². The van der Waals surface area contributed by atoms with Crippen molar-refractivity contribution in [1.82, 2.24) is 9.13 Å². The highest BCUT2D eigenvalue weighted by molar-refractivity contribution is 7.07. The van der Waals surface area contributed by atoms with Crippen molar-refractivity contribution in [2.45, 2.75) is 53.1 Å². The molecule has 0 aliphatic carbocycles. The highest BCUT2D eigenvalue weighted by Crippen LogP contribution is 2.32. The van der Waals surface area contributed by atoms with Crippen LogP contribution in [0, 0.1) is 26.2 Å². The Morgan fingerprint density at radius 2 is 1.90 bits per heavy atom. The summed E-state index contributed by atoms with van der Waals surface area (Å²) in [4.78, 5) is 32.3. The number of aromatic nitrogens is 2. The molecule has 0 radical (unpaired) electrons. The molecule has 0 N–H and O–H groups in total. The van der Waals surface area contributed by atoms with E-state index >= 15 is 0 Å². The van der Waals surface area contributed by atoms with Crippen LogP contribution >= 0.6 is 11.3 Å². The molecule has 7 heteroatoms. The van der Waals surface area contributed by atoms with Gasteiger partial charge in [0.2, 0.25) is 0 Å². The van der Waals surface area contributed by atoms with Gasteiger partial charge in [-0.25, -0.2) is 9.79 Å². The van der Waals surface area contributed by atoms with Gasteiger partial charge >= 0.3 is 5.97 Å². The first-order valence-corrected chi connectivity index (χ1v) is 13.7. The van der Waals surface area contributed by atoms with Crippen molar-refractivity contribution in [1.29, 1.82) is 0 Å². The number of carbonyl (C=O) groups is 1. The molecule has 39 heavy (non-hydrogen) atoms. The SMILES string of the molecule is C#CCn1c(C)c(/C=c2\sc3n(c2=O)[C@H](c2ccc(C(C)C)cc2)C(C(=O)OC)=C(C)N=3)c2cc(C)ccc21. The summed E-state index contributed by atoms with van der Waals surface area (Å²) in [5.74, 6) is 2.61. The van der Waals surface area contributed by atoms with Gasteiger partial charge in [0.25, 0.3) is 5.56 Å². The van der Waals surface area contributed by atoms with Crippen molar-refractivity contribution in [2.24, 2.45) is 4.99 Å². The second-order valence-electron chi connectivity index (χ2n) is 10.2. The summed E-state index contributed by atoms with van der Waals surface area (Å²) >= 11 is 1.32. The van der Waals surface area contributed by atoms with Crippen molar-refractivity contribution in [3.05, 3.63) is 101 Å². The van der Waals surface area contributed by atoms with Crippen molar-refractivity contribution in [2.75, 3.05) is 7.11 Å². The van der Waals surface area contributed by atoms with Gasteiger partial charge in [-0.2, -0.15) is 0 Å². The van der Waals surface area contributed by atoms with E-state index in [1.54, 1.807) is 11.5 Å². The van der Waals surface area contributed by atoms with Crippen LogP contribution in [0.5, 0.6) is 0 Å². The number of esters is 1. The maximum atomic E-state index is 14.1. The molecule has 2 aromatic heterocycles. The fraction of sp³-hybridized carbons (Fsp3) is 0.281. The fourth-order valence-electron chi connectivity index (χ4n) is 5.30. The van der Waals surface area contributed by atoms with E-state index in [-0.39, 0.29) is 5.56 Å². The van der Waals surface area contributed by atoms with Crippen LogP contribution in [0.15, 0.2) is 63.5 Å². The lowest BCUT2D eigenvalue weighted by Crippen LogP contribution is -2.39. The summed E-state index contributed by atoms with van der Waals surface area (Å²) in [6.45, 7) is 10.6. The van der Waals surface area contributed by atoms with Crippen LogP contribution in [0.3, 0.4) is 0 Å². The van der Waals surface area contributed by atoms with Gasteiger partial charge < -0.3 is 9.30 Å². The Balaban J connectivity index is 1.77. The minimum atomic E-state index is -0.636. The second kappa shape index (κ2) is 10.2. The summed E-state index contributed by atoms with van der Waals surface area (Å²) in [7, 11) is 1.35. The number of hydrogen-bond donors (Lipinski definition) is 0. The Kier molecular flexibility index (Phi) is 6.92. The highest BCUT2D eigenvalue weighted by Gasteiger charge is 2.33. The Morgan fingerprint density at radius 3 is 2.54 bits per heavy atom. The van der Waals surface area contributed by atoms with Gasteiger partial charge in [0.05, 0.1) is 35.5 Å². The van der Waals surface area contributed by atoms with E-state index in [4.69, 9.17) is 11.2 Å². The van der Waals surface area contributed by atoms with E-state index in [2.05, 4.69) is 47.5 Å². The first-order valence-electron chi connectivity index (χ1n) is 12.9. The number of ether oxygens (including phenoxy) is 1. The van der Waals surface area contributed by atoms with Crippen LogP contribution in [-0.4, -0.2) is 22.2 Å². The second-order valence-corrected chi connectivity index (χ2v) is 11.2. The van der Waals surface area contributed by atoms with Crippen LogP contribution < -0.4 is 14.9 Å². The number of methoxy groups -OCH3 is 1. The Morgan fingerprint density at radius 1 is 1.18 bits per heavy atom. The summed E-state index contributed by atoms with van der Waals surface area (Å²) in [6.07, 6.45) is 7.61. The lowest BCUT2D eigenvalue weighted by atomic mass is 9.93. The number of fused-ring (bicyclic) bond motifs is 2. The van der Waals surface area contributed by atoms with E-state index < -0.39 is 12.0 Å². The number of aryl methyl sites for hydroxylation is 1. The molecule has 0 saturated carbocycles. The molecular weight excluding hydrogens is 506 g/mol. The number of nitrogens with zero attached hydrogens (tertiary/aromatic N) is 3. The minimum absolute atomic E-state index is 0.199. The zero-order chi connectivity index (χ0) is 28.0. The number of benzene rings is 2. The average Bonchev–Trinajstić information content (AvgIpc) is 3.35. The van der Waals surface area contributed by atoms with E-state index in [9.17, 15) is 9.59 Å². The first kappa shape index (κ1) is 26.5. The molecule has 0 amide bonds. The largest absolute Gasteiger partial charge is 0.466 e. The Hall–Kier alpha value is -4.15. The summed E-state index contributed by atoms with van der Waals surface area (Å²) in [6, 6.07) is 13.7. The van der Waals surface area contributed by atoms with Crippen LogP contribution in [-0.2, 0) is 16.1 Å². The standard InChI is InChI=1S/C32H31N3O3S/c1-8-15-34-21(6)24(25-16-19(4)9-14-26(25)34)17-27-30(36)35-29(23-12-10-22(11-13-23)18(2)3)28(31(37)38-7)20(5)33-32(35)39-27/h1,9-14,16-18,29H,15H2,2-7H3/b27-17-/t29-/m1/s1. The Bertz CT molecular complexity index is 1880. The number of thiazole rings is 1. The topological polar surface area (TPSA) is 65.6 Å². The molecule has 5 rings (SSSR count).